The van der Waals surface area contributed by atoms with Crippen LogP contribution in [0.3, 0.4) is 0 Å². The summed E-state index contributed by atoms with van der Waals surface area (Å²) in [5.41, 5.74) is 2.43. The van der Waals surface area contributed by atoms with Crippen LogP contribution in [0.2, 0.25) is 0 Å². The molecule has 28 heavy (non-hydrogen) atoms. The fourth-order valence-electron chi connectivity index (χ4n) is 4.25. The molecule has 4 aromatic rings. The average Bonchev–Trinajstić information content (AvgIpc) is 3.49. The lowest BCUT2D eigenvalue weighted by atomic mass is 9.77. The second kappa shape index (κ2) is 6.56. The van der Waals surface area contributed by atoms with Gasteiger partial charge in [-0.05, 0) is 31.7 Å². The number of nitriles is 1. The number of fused-ring (bicyclic) bond motifs is 1. The standard InChI is InChI=1S/C19H19N9/c20-7-6-19(28-13-21-11-26-28)4-1-15(2-5-19)27-10-14(9-25-27)17-16-3-8-22-18(16)24-12-23-17/h3,8-13,15H,1-2,4-6H2,(H,22,23,24)/t15-,19+. The van der Waals surface area contributed by atoms with Gasteiger partial charge in [-0.15, -0.1) is 0 Å². The van der Waals surface area contributed by atoms with Gasteiger partial charge in [-0.2, -0.15) is 15.5 Å². The lowest BCUT2D eigenvalue weighted by molar-refractivity contribution is 0.140. The van der Waals surface area contributed by atoms with E-state index in [1.807, 2.05) is 27.8 Å². The first-order valence-electron chi connectivity index (χ1n) is 9.34. The molecule has 0 amide bonds. The molecule has 1 aliphatic carbocycles. The van der Waals surface area contributed by atoms with E-state index in [1.54, 1.807) is 12.7 Å². The largest absolute Gasteiger partial charge is 0.346 e. The van der Waals surface area contributed by atoms with E-state index < -0.39 is 0 Å². The van der Waals surface area contributed by atoms with Crippen LogP contribution in [0.1, 0.15) is 38.1 Å². The molecule has 4 heterocycles. The predicted octanol–water partition coefficient (Wildman–Crippen LogP) is 2.84. The van der Waals surface area contributed by atoms with Crippen molar-refractivity contribution in [3.63, 3.8) is 0 Å². The highest BCUT2D eigenvalue weighted by atomic mass is 15.4. The van der Waals surface area contributed by atoms with E-state index in [0.29, 0.717) is 12.5 Å². The van der Waals surface area contributed by atoms with E-state index in [2.05, 4.69) is 42.4 Å². The fraction of sp³-hybridized carbons (Fsp3) is 0.368. The number of aromatic amines is 1. The smallest absolute Gasteiger partial charge is 0.141 e. The Morgan fingerprint density at radius 3 is 2.89 bits per heavy atom. The van der Waals surface area contributed by atoms with Crippen molar-refractivity contribution in [3.8, 4) is 17.3 Å². The molecular weight excluding hydrogens is 354 g/mol. The molecule has 0 aliphatic heterocycles. The maximum Gasteiger partial charge on any atom is 0.141 e. The van der Waals surface area contributed by atoms with Crippen molar-refractivity contribution in [2.45, 2.75) is 43.7 Å². The highest BCUT2D eigenvalue weighted by Gasteiger charge is 2.38. The molecule has 0 radical (unpaired) electrons. The summed E-state index contributed by atoms with van der Waals surface area (Å²) in [5.74, 6) is 0. The molecule has 1 aliphatic rings. The molecule has 4 aromatic heterocycles. The molecule has 0 atom stereocenters. The van der Waals surface area contributed by atoms with Gasteiger partial charge in [0.25, 0.3) is 0 Å². The molecule has 140 valence electrons. The third-order valence-electron chi connectivity index (χ3n) is 5.80. The van der Waals surface area contributed by atoms with Crippen LogP contribution in [0, 0.1) is 11.3 Å². The number of nitrogens with one attached hydrogen (secondary N) is 1. The third-order valence-corrected chi connectivity index (χ3v) is 5.80. The van der Waals surface area contributed by atoms with Crippen molar-refractivity contribution in [1.29, 1.82) is 5.26 Å². The van der Waals surface area contributed by atoms with E-state index in [4.69, 9.17) is 0 Å². The lowest BCUT2D eigenvalue weighted by Gasteiger charge is -2.38. The molecule has 1 saturated carbocycles. The van der Waals surface area contributed by atoms with Gasteiger partial charge in [0.05, 0.1) is 36.0 Å². The second-order valence-corrected chi connectivity index (χ2v) is 7.30. The van der Waals surface area contributed by atoms with Crippen molar-refractivity contribution >= 4 is 11.0 Å². The van der Waals surface area contributed by atoms with Crippen LogP contribution in [0.25, 0.3) is 22.3 Å². The van der Waals surface area contributed by atoms with Crippen molar-refractivity contribution in [2.75, 3.05) is 0 Å². The Hall–Kier alpha value is -3.54. The Bertz CT molecular complexity index is 1120. The summed E-state index contributed by atoms with van der Waals surface area (Å²) >= 11 is 0. The van der Waals surface area contributed by atoms with Crippen molar-refractivity contribution in [2.24, 2.45) is 0 Å². The van der Waals surface area contributed by atoms with E-state index in [-0.39, 0.29) is 5.54 Å². The maximum absolute atomic E-state index is 9.32. The second-order valence-electron chi connectivity index (χ2n) is 7.30. The zero-order chi connectivity index (χ0) is 19.0. The number of aromatic nitrogens is 8. The number of hydrogen-bond acceptors (Lipinski definition) is 6. The maximum atomic E-state index is 9.32. The first kappa shape index (κ1) is 16.6. The molecule has 0 spiro atoms. The average molecular weight is 373 g/mol. The van der Waals surface area contributed by atoms with Crippen molar-refractivity contribution in [1.82, 2.24) is 39.5 Å². The van der Waals surface area contributed by atoms with Crippen LogP contribution >= 0.6 is 0 Å². The van der Waals surface area contributed by atoms with Gasteiger partial charge in [0.1, 0.15) is 24.6 Å². The van der Waals surface area contributed by atoms with E-state index in [9.17, 15) is 5.26 Å². The molecular formula is C19H19N9. The molecule has 0 bridgehead atoms. The van der Waals surface area contributed by atoms with E-state index >= 15 is 0 Å². The van der Waals surface area contributed by atoms with Gasteiger partial charge in [0.15, 0.2) is 0 Å². The van der Waals surface area contributed by atoms with Crippen molar-refractivity contribution < 1.29 is 0 Å². The summed E-state index contributed by atoms with van der Waals surface area (Å²) in [6.07, 6.45) is 14.7. The Morgan fingerprint density at radius 2 is 2.11 bits per heavy atom. The molecule has 9 heteroatoms. The zero-order valence-electron chi connectivity index (χ0n) is 15.2. The monoisotopic (exact) mass is 373 g/mol. The Balaban J connectivity index is 1.38. The summed E-state index contributed by atoms with van der Waals surface area (Å²) < 4.78 is 3.90. The SMILES string of the molecule is N#CC[C@]1(n2cncn2)CC[C@@H](n2cc(-c3ncnc4[nH]ccc34)cn2)CC1. The Morgan fingerprint density at radius 1 is 1.21 bits per heavy atom. The minimum Gasteiger partial charge on any atom is -0.346 e. The van der Waals surface area contributed by atoms with Crippen LogP contribution in [0.4, 0.5) is 0 Å². The molecule has 0 aromatic carbocycles. The van der Waals surface area contributed by atoms with Crippen LogP contribution in [-0.2, 0) is 5.54 Å². The number of nitrogens with zero attached hydrogens (tertiary/aromatic N) is 8. The Labute approximate surface area is 161 Å². The quantitative estimate of drug-likeness (QED) is 0.588. The van der Waals surface area contributed by atoms with E-state index in [1.165, 1.54) is 6.33 Å². The topological polar surface area (TPSA) is 114 Å². The summed E-state index contributed by atoms with van der Waals surface area (Å²) in [6.45, 7) is 0. The molecule has 0 saturated heterocycles. The van der Waals surface area contributed by atoms with E-state index in [0.717, 1.165) is 48.0 Å². The predicted molar refractivity (Wildman–Crippen MR) is 101 cm³/mol. The molecule has 1 fully saturated rings. The molecule has 1 N–H and O–H groups in total. The summed E-state index contributed by atoms with van der Waals surface area (Å²) in [7, 11) is 0. The summed E-state index contributed by atoms with van der Waals surface area (Å²) in [5, 5.41) is 19.2. The van der Waals surface area contributed by atoms with Crippen LogP contribution in [0.5, 0.6) is 0 Å². The first-order chi connectivity index (χ1) is 13.8. The Kier molecular flexibility index (Phi) is 3.90. The first-order valence-corrected chi connectivity index (χ1v) is 9.34. The third kappa shape index (κ3) is 2.65. The van der Waals surface area contributed by atoms with Crippen LogP contribution < -0.4 is 0 Å². The van der Waals surface area contributed by atoms with Gasteiger partial charge < -0.3 is 4.98 Å². The molecule has 0 unspecified atom stereocenters. The normalized spacial score (nSPS) is 22.3. The van der Waals surface area contributed by atoms with Gasteiger partial charge in [-0.1, -0.05) is 0 Å². The van der Waals surface area contributed by atoms with Crippen LogP contribution in [-0.4, -0.2) is 39.5 Å². The summed E-state index contributed by atoms with van der Waals surface area (Å²) in [6, 6.07) is 4.61. The molecule has 5 rings (SSSR count). The zero-order valence-corrected chi connectivity index (χ0v) is 15.2. The highest BCUT2D eigenvalue weighted by molar-refractivity contribution is 5.89. The number of rotatable bonds is 4. The minimum absolute atomic E-state index is 0.262. The number of H-pyrrole nitrogens is 1. The van der Waals surface area contributed by atoms with Crippen molar-refractivity contribution in [3.05, 3.63) is 43.6 Å². The fourth-order valence-corrected chi connectivity index (χ4v) is 4.25. The number of hydrogen-bond donors (Lipinski definition) is 1. The minimum atomic E-state index is -0.262. The van der Waals surface area contributed by atoms with Crippen LogP contribution in [0.15, 0.2) is 43.6 Å². The lowest BCUT2D eigenvalue weighted by Crippen LogP contribution is -2.38. The van der Waals surface area contributed by atoms with Gasteiger partial charge in [-0.25, -0.2) is 19.6 Å². The highest BCUT2D eigenvalue weighted by Crippen LogP contribution is 2.41. The molecule has 9 nitrogen and oxygen atoms in total. The van der Waals surface area contributed by atoms with Gasteiger partial charge in [0.2, 0.25) is 0 Å². The summed E-state index contributed by atoms with van der Waals surface area (Å²) in [4.78, 5) is 15.9. The van der Waals surface area contributed by atoms with Gasteiger partial charge >= 0.3 is 0 Å². The van der Waals surface area contributed by atoms with Gasteiger partial charge in [-0.3, -0.25) is 4.68 Å². The van der Waals surface area contributed by atoms with Gasteiger partial charge in [0, 0.05) is 23.3 Å².